The Bertz CT molecular complexity index is 616. The molecule has 0 saturated heterocycles. The van der Waals surface area contributed by atoms with Crippen molar-refractivity contribution in [2.24, 2.45) is 0 Å². The minimum absolute atomic E-state index is 0.0663. The Balaban J connectivity index is 2.89. The number of rotatable bonds is 6. The summed E-state index contributed by atoms with van der Waals surface area (Å²) < 4.78 is 25.6. The summed E-state index contributed by atoms with van der Waals surface area (Å²) in [4.78, 5) is 10.4. The molecule has 0 aliphatic heterocycles. The topological polar surface area (TPSA) is 101 Å². The van der Waals surface area contributed by atoms with E-state index in [1.165, 1.54) is 6.07 Å². The number of hydrogen-bond donors (Lipinski definition) is 2. The van der Waals surface area contributed by atoms with Gasteiger partial charge in [-0.3, -0.25) is 10.1 Å². The average molecular weight is 366 g/mol. The Morgan fingerprint density at radius 3 is 2.50 bits per heavy atom. The first kappa shape index (κ1) is 16.9. The standard InChI is InChI=1S/C11H16BrN3O4S/c1-11(2,14-20(3,18)19)7-13-9-6-8(12)4-5-10(9)15(16)17/h4-6,13-14H,7H2,1-3H3. The van der Waals surface area contributed by atoms with Crippen molar-refractivity contribution in [1.29, 1.82) is 0 Å². The second-order valence-electron chi connectivity index (χ2n) is 5.03. The van der Waals surface area contributed by atoms with Crippen LogP contribution in [0.15, 0.2) is 22.7 Å². The van der Waals surface area contributed by atoms with E-state index in [9.17, 15) is 18.5 Å². The van der Waals surface area contributed by atoms with Crippen LogP contribution in [0, 0.1) is 10.1 Å². The van der Waals surface area contributed by atoms with E-state index in [1.807, 2.05) is 0 Å². The van der Waals surface area contributed by atoms with Crippen molar-refractivity contribution in [3.05, 3.63) is 32.8 Å². The molecule has 0 aliphatic carbocycles. The lowest BCUT2D eigenvalue weighted by Crippen LogP contribution is -2.47. The third kappa shape index (κ3) is 5.43. The quantitative estimate of drug-likeness (QED) is 0.593. The maximum atomic E-state index is 11.2. The molecule has 0 unspecified atom stereocenters. The van der Waals surface area contributed by atoms with Crippen LogP contribution in [0.5, 0.6) is 0 Å². The van der Waals surface area contributed by atoms with E-state index >= 15 is 0 Å². The summed E-state index contributed by atoms with van der Waals surface area (Å²) in [5.41, 5.74) is -0.514. The number of hydrogen-bond acceptors (Lipinski definition) is 5. The third-order valence-corrected chi connectivity index (χ3v) is 3.75. The van der Waals surface area contributed by atoms with Gasteiger partial charge in [-0.05, 0) is 26.0 Å². The van der Waals surface area contributed by atoms with E-state index in [4.69, 9.17) is 0 Å². The highest BCUT2D eigenvalue weighted by atomic mass is 79.9. The number of sulfonamides is 1. The number of nitrogens with one attached hydrogen (secondary N) is 2. The molecule has 0 amide bonds. The number of anilines is 1. The van der Waals surface area contributed by atoms with Crippen LogP contribution < -0.4 is 10.0 Å². The Morgan fingerprint density at radius 2 is 2.00 bits per heavy atom. The van der Waals surface area contributed by atoms with Gasteiger partial charge in [0.25, 0.3) is 5.69 Å². The highest BCUT2D eigenvalue weighted by molar-refractivity contribution is 9.10. The molecule has 112 valence electrons. The molecule has 9 heteroatoms. The van der Waals surface area contributed by atoms with Crippen LogP contribution in [0.1, 0.15) is 13.8 Å². The Labute approximate surface area is 126 Å². The molecule has 0 saturated carbocycles. The molecular formula is C11H16BrN3O4S. The van der Waals surface area contributed by atoms with Gasteiger partial charge in [0.2, 0.25) is 10.0 Å². The van der Waals surface area contributed by atoms with Crippen LogP contribution in [0.2, 0.25) is 0 Å². The second kappa shape index (κ2) is 6.06. The highest BCUT2D eigenvalue weighted by Gasteiger charge is 2.23. The summed E-state index contributed by atoms with van der Waals surface area (Å²) in [7, 11) is -3.35. The zero-order chi connectivity index (χ0) is 15.6. The molecule has 1 aromatic carbocycles. The summed E-state index contributed by atoms with van der Waals surface area (Å²) >= 11 is 3.24. The van der Waals surface area contributed by atoms with Gasteiger partial charge in [-0.15, -0.1) is 0 Å². The molecule has 1 aromatic rings. The molecule has 2 N–H and O–H groups in total. The lowest BCUT2D eigenvalue weighted by atomic mass is 10.1. The van der Waals surface area contributed by atoms with Crippen LogP contribution in [-0.2, 0) is 10.0 Å². The molecule has 0 aliphatic rings. The van der Waals surface area contributed by atoms with E-state index in [1.54, 1.807) is 26.0 Å². The van der Waals surface area contributed by atoms with E-state index in [0.29, 0.717) is 10.2 Å². The van der Waals surface area contributed by atoms with Crippen LogP contribution in [0.3, 0.4) is 0 Å². The van der Waals surface area contributed by atoms with E-state index in [0.717, 1.165) is 6.26 Å². The van der Waals surface area contributed by atoms with Crippen molar-refractivity contribution in [3.63, 3.8) is 0 Å². The maximum absolute atomic E-state index is 11.2. The summed E-state index contributed by atoms with van der Waals surface area (Å²) in [5, 5.41) is 13.8. The number of nitro groups is 1. The van der Waals surface area contributed by atoms with Crippen molar-refractivity contribution in [1.82, 2.24) is 4.72 Å². The molecule has 0 bridgehead atoms. The molecule has 0 spiro atoms. The van der Waals surface area contributed by atoms with Gasteiger partial charge in [0.15, 0.2) is 0 Å². The van der Waals surface area contributed by atoms with Crippen molar-refractivity contribution in [2.75, 3.05) is 18.1 Å². The molecule has 0 atom stereocenters. The minimum atomic E-state index is -3.35. The fraction of sp³-hybridized carbons (Fsp3) is 0.455. The fourth-order valence-corrected chi connectivity index (χ4v) is 3.10. The molecule has 20 heavy (non-hydrogen) atoms. The average Bonchev–Trinajstić information content (AvgIpc) is 2.22. The van der Waals surface area contributed by atoms with Gasteiger partial charge in [0.05, 0.1) is 11.2 Å². The number of halogens is 1. The summed E-state index contributed by atoms with van der Waals surface area (Å²) in [6.45, 7) is 3.58. The summed E-state index contributed by atoms with van der Waals surface area (Å²) in [6, 6.07) is 4.53. The molecule has 0 radical (unpaired) electrons. The van der Waals surface area contributed by atoms with Gasteiger partial charge >= 0.3 is 0 Å². The predicted octanol–water partition coefficient (Wildman–Crippen LogP) is 2.10. The number of nitro benzene ring substituents is 1. The monoisotopic (exact) mass is 365 g/mol. The van der Waals surface area contributed by atoms with Crippen LogP contribution in [-0.4, -0.2) is 31.7 Å². The molecule has 7 nitrogen and oxygen atoms in total. The highest BCUT2D eigenvalue weighted by Crippen LogP contribution is 2.28. The number of benzene rings is 1. The maximum Gasteiger partial charge on any atom is 0.292 e. The van der Waals surface area contributed by atoms with Gasteiger partial charge in [-0.2, -0.15) is 0 Å². The van der Waals surface area contributed by atoms with Gasteiger partial charge in [-0.25, -0.2) is 13.1 Å². The second-order valence-corrected chi connectivity index (χ2v) is 7.69. The SMILES string of the molecule is CC(C)(CNc1cc(Br)ccc1[N+](=O)[O-])NS(C)(=O)=O. The first-order valence-corrected chi connectivity index (χ1v) is 8.35. The van der Waals surface area contributed by atoms with E-state index in [2.05, 4.69) is 26.0 Å². The number of nitrogens with zero attached hydrogens (tertiary/aromatic N) is 1. The van der Waals surface area contributed by atoms with E-state index in [-0.39, 0.29) is 12.2 Å². The lowest BCUT2D eigenvalue weighted by molar-refractivity contribution is -0.384. The van der Waals surface area contributed by atoms with Crippen molar-refractivity contribution >= 4 is 37.3 Å². The zero-order valence-corrected chi connectivity index (χ0v) is 13.7. The molecule has 0 fully saturated rings. The smallest absolute Gasteiger partial charge is 0.292 e. The van der Waals surface area contributed by atoms with Gasteiger partial charge in [0.1, 0.15) is 5.69 Å². The summed E-state index contributed by atoms with van der Waals surface area (Å²) in [6.07, 6.45) is 1.07. The van der Waals surface area contributed by atoms with Gasteiger partial charge in [-0.1, -0.05) is 15.9 Å². The Morgan fingerprint density at radius 1 is 1.40 bits per heavy atom. The van der Waals surface area contributed by atoms with Gasteiger partial charge < -0.3 is 5.32 Å². The summed E-state index contributed by atoms with van der Waals surface area (Å²) in [5.74, 6) is 0. The molecule has 0 heterocycles. The fourth-order valence-electron chi connectivity index (χ4n) is 1.66. The Kier molecular flexibility index (Phi) is 5.11. The normalized spacial score (nSPS) is 12.2. The zero-order valence-electron chi connectivity index (χ0n) is 11.3. The van der Waals surface area contributed by atoms with Crippen LogP contribution in [0.25, 0.3) is 0 Å². The first-order chi connectivity index (χ1) is 9.00. The largest absolute Gasteiger partial charge is 0.378 e. The van der Waals surface area contributed by atoms with Crippen molar-refractivity contribution in [3.8, 4) is 0 Å². The Hall–Kier alpha value is -1.19. The van der Waals surface area contributed by atoms with E-state index < -0.39 is 20.5 Å². The lowest BCUT2D eigenvalue weighted by Gasteiger charge is -2.25. The minimum Gasteiger partial charge on any atom is -0.378 e. The molecular weight excluding hydrogens is 350 g/mol. The van der Waals surface area contributed by atoms with Crippen LogP contribution in [0.4, 0.5) is 11.4 Å². The van der Waals surface area contributed by atoms with Crippen molar-refractivity contribution < 1.29 is 13.3 Å². The third-order valence-electron chi connectivity index (χ3n) is 2.34. The van der Waals surface area contributed by atoms with Crippen molar-refractivity contribution in [2.45, 2.75) is 19.4 Å². The van der Waals surface area contributed by atoms with Gasteiger partial charge in [0, 0.05) is 22.6 Å². The molecule has 0 aromatic heterocycles. The predicted molar refractivity (Wildman–Crippen MR) is 81.3 cm³/mol. The van der Waals surface area contributed by atoms with Crippen LogP contribution >= 0.6 is 15.9 Å². The first-order valence-electron chi connectivity index (χ1n) is 5.67. The molecule has 1 rings (SSSR count).